The lowest BCUT2D eigenvalue weighted by atomic mass is 9.78. The van der Waals surface area contributed by atoms with Gasteiger partial charge >= 0.3 is 19.3 Å². The zero-order valence-electron chi connectivity index (χ0n) is 20.2. The molecule has 1 fully saturated rings. The number of carbonyl (C=O) groups is 2. The Morgan fingerprint density at radius 2 is 1.75 bits per heavy atom. The fraction of sp³-hybridized carbons (Fsp3) is 0.636. The van der Waals surface area contributed by atoms with Gasteiger partial charge in [0.15, 0.2) is 0 Å². The third kappa shape index (κ3) is 6.35. The van der Waals surface area contributed by atoms with Crippen LogP contribution in [0.2, 0.25) is 0 Å². The lowest BCUT2D eigenvalue weighted by molar-refractivity contribution is 0.00578. The second-order valence-corrected chi connectivity index (χ2v) is 9.70. The third-order valence-electron chi connectivity index (χ3n) is 5.42. The number of hydrogen-bond acceptors (Lipinski definition) is 6. The number of carbonyl (C=O) groups excluding carboxylic acids is 2. The first kappa shape index (κ1) is 25.9. The van der Waals surface area contributed by atoms with Gasteiger partial charge in [0.25, 0.3) is 0 Å². The highest BCUT2D eigenvalue weighted by Crippen LogP contribution is 2.36. The van der Waals surface area contributed by atoms with Crippen LogP contribution in [0, 0.1) is 5.82 Å². The van der Waals surface area contributed by atoms with Crippen LogP contribution < -0.4 is 15.7 Å². The number of benzene rings is 1. The zero-order valence-corrected chi connectivity index (χ0v) is 20.2. The molecule has 0 radical (unpaired) electrons. The number of methoxy groups -OCH3 is 1. The molecule has 8 nitrogen and oxygen atoms in total. The van der Waals surface area contributed by atoms with E-state index in [1.165, 1.54) is 18.1 Å². The molecule has 2 rings (SSSR count). The summed E-state index contributed by atoms with van der Waals surface area (Å²) in [5, 5.41) is 2.63. The number of hydrogen-bond donors (Lipinski definition) is 1. The van der Waals surface area contributed by atoms with Gasteiger partial charge in [0.2, 0.25) is 0 Å². The van der Waals surface area contributed by atoms with Crippen molar-refractivity contribution in [2.75, 3.05) is 25.1 Å². The van der Waals surface area contributed by atoms with Crippen molar-refractivity contribution < 1.29 is 32.8 Å². The van der Waals surface area contributed by atoms with Crippen molar-refractivity contribution >= 4 is 30.5 Å². The van der Waals surface area contributed by atoms with Crippen LogP contribution in [0.1, 0.15) is 54.9 Å². The van der Waals surface area contributed by atoms with E-state index in [0.717, 1.165) is 0 Å². The molecular formula is C22H34BFN2O6. The predicted molar refractivity (Wildman–Crippen MR) is 121 cm³/mol. The van der Waals surface area contributed by atoms with Crippen LogP contribution in [0.25, 0.3) is 0 Å². The Bertz CT molecular complexity index is 824. The van der Waals surface area contributed by atoms with Gasteiger partial charge in [0, 0.05) is 24.2 Å². The molecule has 0 bridgehead atoms. The van der Waals surface area contributed by atoms with Gasteiger partial charge in [-0.15, -0.1) is 0 Å². The molecule has 1 aliphatic heterocycles. The van der Waals surface area contributed by atoms with Crippen molar-refractivity contribution in [3.8, 4) is 0 Å². The fourth-order valence-electron chi connectivity index (χ4n) is 3.02. The summed E-state index contributed by atoms with van der Waals surface area (Å²) in [5.74, 6) is -0.554. The highest BCUT2D eigenvalue weighted by molar-refractivity contribution is 6.62. The highest BCUT2D eigenvalue weighted by Gasteiger charge is 2.52. The quantitative estimate of drug-likeness (QED) is 0.524. The van der Waals surface area contributed by atoms with Gasteiger partial charge < -0.3 is 24.1 Å². The smallest absolute Gasteiger partial charge is 0.452 e. The van der Waals surface area contributed by atoms with E-state index in [4.69, 9.17) is 18.8 Å². The molecule has 0 atom stereocenters. The van der Waals surface area contributed by atoms with E-state index in [9.17, 15) is 14.0 Å². The van der Waals surface area contributed by atoms with E-state index in [1.54, 1.807) is 32.9 Å². The first-order chi connectivity index (χ1) is 14.7. The van der Waals surface area contributed by atoms with Crippen molar-refractivity contribution in [3.05, 3.63) is 24.0 Å². The van der Waals surface area contributed by atoms with E-state index in [1.807, 2.05) is 27.7 Å². The van der Waals surface area contributed by atoms with Crippen molar-refractivity contribution in [3.63, 3.8) is 0 Å². The summed E-state index contributed by atoms with van der Waals surface area (Å²) < 4.78 is 36.8. The molecule has 1 saturated heterocycles. The molecule has 0 aliphatic carbocycles. The van der Waals surface area contributed by atoms with Crippen molar-refractivity contribution in [1.82, 2.24) is 5.32 Å². The van der Waals surface area contributed by atoms with Gasteiger partial charge in [0.05, 0.1) is 18.3 Å². The largest absolute Gasteiger partial charge is 0.497 e. The SMILES string of the molecule is COC(=O)N(CCCNC(=O)OC(C)(C)C)c1ccc(B2OC(C)(C)C(C)(C)O2)c(F)c1. The molecule has 0 unspecified atom stereocenters. The monoisotopic (exact) mass is 452 g/mol. The van der Waals surface area contributed by atoms with Crippen LogP contribution in [-0.2, 0) is 18.8 Å². The van der Waals surface area contributed by atoms with Gasteiger partial charge in [-0.3, -0.25) is 4.90 Å². The Morgan fingerprint density at radius 1 is 1.16 bits per heavy atom. The van der Waals surface area contributed by atoms with Crippen molar-refractivity contribution in [1.29, 1.82) is 0 Å². The number of nitrogens with zero attached hydrogens (tertiary/aromatic N) is 1. The van der Waals surface area contributed by atoms with Gasteiger partial charge in [-0.1, -0.05) is 6.07 Å². The average Bonchev–Trinajstić information content (AvgIpc) is 2.86. The van der Waals surface area contributed by atoms with Crippen LogP contribution in [0.4, 0.5) is 19.7 Å². The average molecular weight is 452 g/mol. The Hall–Kier alpha value is -2.33. The summed E-state index contributed by atoms with van der Waals surface area (Å²) in [4.78, 5) is 25.3. The number of ether oxygens (including phenoxy) is 2. The van der Waals surface area contributed by atoms with Gasteiger partial charge in [-0.05, 0) is 67.0 Å². The van der Waals surface area contributed by atoms with E-state index in [0.29, 0.717) is 12.1 Å². The Morgan fingerprint density at radius 3 is 2.25 bits per heavy atom. The van der Waals surface area contributed by atoms with Crippen LogP contribution in [0.5, 0.6) is 0 Å². The number of nitrogens with one attached hydrogen (secondary N) is 1. The van der Waals surface area contributed by atoms with Gasteiger partial charge in [0.1, 0.15) is 11.4 Å². The molecule has 1 aromatic rings. The maximum atomic E-state index is 15.0. The Kier molecular flexibility index (Phi) is 7.83. The Balaban J connectivity index is 2.06. The summed E-state index contributed by atoms with van der Waals surface area (Å²) in [5.41, 5.74) is -1.21. The fourth-order valence-corrected chi connectivity index (χ4v) is 3.02. The molecule has 10 heteroatoms. The molecule has 2 amide bonds. The molecule has 1 heterocycles. The summed E-state index contributed by atoms with van der Waals surface area (Å²) >= 11 is 0. The van der Waals surface area contributed by atoms with Gasteiger partial charge in [-0.2, -0.15) is 0 Å². The minimum absolute atomic E-state index is 0.206. The molecule has 1 aromatic carbocycles. The van der Waals surface area contributed by atoms with E-state index in [-0.39, 0.29) is 18.6 Å². The second kappa shape index (κ2) is 9.66. The summed E-state index contributed by atoms with van der Waals surface area (Å²) in [6, 6.07) is 4.40. The van der Waals surface area contributed by atoms with Crippen molar-refractivity contribution in [2.45, 2.75) is 71.7 Å². The number of anilines is 1. The normalized spacial score (nSPS) is 17.1. The lowest BCUT2D eigenvalue weighted by Gasteiger charge is -2.32. The second-order valence-electron chi connectivity index (χ2n) is 9.70. The van der Waals surface area contributed by atoms with Crippen molar-refractivity contribution in [2.24, 2.45) is 0 Å². The summed E-state index contributed by atoms with van der Waals surface area (Å²) in [7, 11) is 0.405. The van der Waals surface area contributed by atoms with Gasteiger partial charge in [-0.25, -0.2) is 14.0 Å². The molecule has 0 aromatic heterocycles. The maximum absolute atomic E-state index is 15.0. The summed E-state index contributed by atoms with van der Waals surface area (Å²) in [6.45, 7) is 13.4. The van der Waals surface area contributed by atoms with Crippen LogP contribution in [-0.4, -0.2) is 56.3 Å². The maximum Gasteiger partial charge on any atom is 0.497 e. The predicted octanol–water partition coefficient (Wildman–Crippen LogP) is 3.61. The molecule has 32 heavy (non-hydrogen) atoms. The van der Waals surface area contributed by atoms with E-state index in [2.05, 4.69) is 5.32 Å². The first-order valence-electron chi connectivity index (χ1n) is 10.6. The Labute approximate surface area is 189 Å². The van der Waals surface area contributed by atoms with Crippen LogP contribution in [0.15, 0.2) is 18.2 Å². The standard InChI is InChI=1S/C22H34BFN2O6/c1-20(2,3)30-18(27)25-12-9-13-26(19(28)29-8)15-10-11-16(17(24)14-15)23-31-21(4,5)22(6,7)32-23/h10-11,14H,9,12-13H2,1-8H3,(H,25,27). The topological polar surface area (TPSA) is 86.3 Å². The van der Waals surface area contributed by atoms with Crippen LogP contribution >= 0.6 is 0 Å². The molecule has 1 N–H and O–H groups in total. The molecule has 0 spiro atoms. The molecular weight excluding hydrogens is 418 g/mol. The third-order valence-corrected chi connectivity index (χ3v) is 5.42. The van der Waals surface area contributed by atoms with E-state index >= 15 is 0 Å². The number of alkyl carbamates (subject to hydrolysis) is 1. The first-order valence-corrected chi connectivity index (χ1v) is 10.6. The molecule has 178 valence electrons. The highest BCUT2D eigenvalue weighted by atomic mass is 19.1. The molecule has 1 aliphatic rings. The minimum atomic E-state index is -0.848. The zero-order chi connectivity index (χ0) is 24.3. The number of halogens is 1. The van der Waals surface area contributed by atoms with Crippen LogP contribution in [0.3, 0.4) is 0 Å². The van der Waals surface area contributed by atoms with E-state index < -0.39 is 41.9 Å². The summed E-state index contributed by atoms with van der Waals surface area (Å²) in [6.07, 6.45) is -0.764. The lowest BCUT2D eigenvalue weighted by Crippen LogP contribution is -2.41. The molecule has 0 saturated carbocycles. The number of rotatable bonds is 6. The minimum Gasteiger partial charge on any atom is -0.452 e. The number of amides is 2.